The standard InChI is InChI=1S/C28H43OP.Ru/c1-22(2)29-27-19-11-9-13-23(27)21-24-14-10-12-20-28(24)30(25-15-5-3-6-16-25)26-17-7-4-8-18-26;/h9,11,13,19,21-22,25-26,28H,3-8,10,12,14-18,20H2,1-2H3;/q;+2. The average molecular weight is 528 g/mol. The predicted molar refractivity (Wildman–Crippen MR) is 133 cm³/mol. The minimum atomic E-state index is 0. The summed E-state index contributed by atoms with van der Waals surface area (Å²) in [4.78, 5) is 0. The van der Waals surface area contributed by atoms with Crippen LogP contribution >= 0.6 is 7.92 Å². The smallest absolute Gasteiger partial charge is 0.490 e. The van der Waals surface area contributed by atoms with Gasteiger partial charge in [-0.1, -0.05) is 82.7 Å². The Morgan fingerprint density at radius 1 is 0.806 bits per heavy atom. The van der Waals surface area contributed by atoms with Gasteiger partial charge in [0.2, 0.25) is 0 Å². The maximum Gasteiger partial charge on any atom is 2.00 e. The van der Waals surface area contributed by atoms with E-state index in [-0.39, 0.29) is 33.5 Å². The maximum atomic E-state index is 6.18. The Balaban J connectivity index is 0.00000272. The van der Waals surface area contributed by atoms with Gasteiger partial charge in [-0.15, -0.1) is 0 Å². The van der Waals surface area contributed by atoms with Gasteiger partial charge in [-0.05, 0) is 76.2 Å². The molecule has 1 atom stereocenters. The van der Waals surface area contributed by atoms with Gasteiger partial charge >= 0.3 is 19.5 Å². The molecule has 3 aliphatic rings. The summed E-state index contributed by atoms with van der Waals surface area (Å²) in [5.41, 5.74) is 6.07. The summed E-state index contributed by atoms with van der Waals surface area (Å²) in [5.74, 6) is 1.07. The maximum absolute atomic E-state index is 6.18. The van der Waals surface area contributed by atoms with Crippen molar-refractivity contribution in [3.8, 4) is 5.75 Å². The van der Waals surface area contributed by atoms with Crippen LogP contribution in [0.3, 0.4) is 0 Å². The summed E-state index contributed by atoms with van der Waals surface area (Å²) < 4.78 is 6.18. The molecule has 4 rings (SSSR count). The zero-order valence-corrected chi connectivity index (χ0v) is 22.4. The first kappa shape index (κ1) is 25.4. The Labute approximate surface area is 205 Å². The van der Waals surface area contributed by atoms with Gasteiger partial charge in [0.1, 0.15) is 5.75 Å². The summed E-state index contributed by atoms with van der Waals surface area (Å²) in [6, 6.07) is 8.74. The summed E-state index contributed by atoms with van der Waals surface area (Å²) in [6.07, 6.45) is 23.5. The molecule has 1 nitrogen and oxygen atoms in total. The molecule has 3 saturated carbocycles. The van der Waals surface area contributed by atoms with Crippen LogP contribution in [-0.2, 0) is 19.5 Å². The Bertz CT molecular complexity index is 670. The quantitative estimate of drug-likeness (QED) is 0.265. The minimum absolute atomic E-state index is 0. The third kappa shape index (κ3) is 6.90. The van der Waals surface area contributed by atoms with E-state index in [9.17, 15) is 0 Å². The fourth-order valence-electron chi connectivity index (χ4n) is 6.25. The molecule has 0 spiro atoms. The number of para-hydroxylation sites is 1. The van der Waals surface area contributed by atoms with Gasteiger partial charge in [-0.3, -0.25) is 0 Å². The molecule has 0 saturated heterocycles. The van der Waals surface area contributed by atoms with Gasteiger partial charge in [-0.25, -0.2) is 0 Å². The summed E-state index contributed by atoms with van der Waals surface area (Å²) >= 11 is 0. The van der Waals surface area contributed by atoms with Gasteiger partial charge < -0.3 is 4.74 Å². The Morgan fingerprint density at radius 2 is 1.39 bits per heavy atom. The van der Waals surface area contributed by atoms with Crippen molar-refractivity contribution in [1.29, 1.82) is 0 Å². The van der Waals surface area contributed by atoms with Crippen molar-refractivity contribution in [2.24, 2.45) is 0 Å². The number of hydrogen-bond donors (Lipinski definition) is 0. The van der Waals surface area contributed by atoms with Crippen LogP contribution in [0.2, 0.25) is 0 Å². The number of allylic oxidation sites excluding steroid dienone is 1. The first-order chi connectivity index (χ1) is 14.7. The van der Waals surface area contributed by atoms with Gasteiger partial charge in [0.15, 0.2) is 0 Å². The second-order valence-electron chi connectivity index (χ2n) is 10.2. The second-order valence-corrected chi connectivity index (χ2v) is 13.2. The molecule has 1 unspecified atom stereocenters. The summed E-state index contributed by atoms with van der Waals surface area (Å²) in [6.45, 7) is 4.28. The van der Waals surface area contributed by atoms with Crippen LogP contribution in [0.15, 0.2) is 29.8 Å². The van der Waals surface area contributed by atoms with Crippen molar-refractivity contribution in [3.05, 3.63) is 35.4 Å². The van der Waals surface area contributed by atoms with Crippen LogP contribution < -0.4 is 4.74 Å². The van der Waals surface area contributed by atoms with E-state index in [1.54, 1.807) is 5.57 Å². The molecule has 3 heteroatoms. The Kier molecular flexibility index (Phi) is 10.6. The largest absolute Gasteiger partial charge is 2.00 e. The molecule has 0 aromatic heterocycles. The van der Waals surface area contributed by atoms with Gasteiger partial charge in [-0.2, -0.15) is 0 Å². The fourth-order valence-corrected chi connectivity index (χ4v) is 10.9. The molecule has 0 N–H and O–H groups in total. The molecular weight excluding hydrogens is 484 g/mol. The SMILES string of the molecule is CC(C)Oc1ccccc1C=C1CCCCC1P(C1CCCCC1)C1CCCCC1.[Ru+2]. The molecule has 3 aliphatic carbocycles. The molecule has 0 radical (unpaired) electrons. The second kappa shape index (κ2) is 12.9. The normalized spacial score (nSPS) is 25.0. The van der Waals surface area contributed by atoms with Gasteiger partial charge in [0.05, 0.1) is 6.10 Å². The van der Waals surface area contributed by atoms with E-state index in [1.165, 1.54) is 95.5 Å². The van der Waals surface area contributed by atoms with Gasteiger partial charge in [0.25, 0.3) is 0 Å². The van der Waals surface area contributed by atoms with Crippen molar-refractivity contribution in [3.63, 3.8) is 0 Å². The van der Waals surface area contributed by atoms with Crippen molar-refractivity contribution in [2.75, 3.05) is 0 Å². The zero-order chi connectivity index (χ0) is 20.8. The van der Waals surface area contributed by atoms with Crippen LogP contribution in [-0.4, -0.2) is 23.1 Å². The van der Waals surface area contributed by atoms with Crippen LogP contribution in [0.5, 0.6) is 5.75 Å². The molecule has 31 heavy (non-hydrogen) atoms. The summed E-state index contributed by atoms with van der Waals surface area (Å²) in [5, 5.41) is 0. The monoisotopic (exact) mass is 528 g/mol. The van der Waals surface area contributed by atoms with Crippen molar-refractivity contribution in [2.45, 2.75) is 127 Å². The molecule has 0 amide bonds. The summed E-state index contributed by atoms with van der Waals surface area (Å²) in [7, 11) is 0.114. The van der Waals surface area contributed by atoms with E-state index < -0.39 is 0 Å². The predicted octanol–water partition coefficient (Wildman–Crippen LogP) is 8.94. The first-order valence-electron chi connectivity index (χ1n) is 13.0. The molecule has 3 fully saturated rings. The van der Waals surface area contributed by atoms with Crippen LogP contribution in [0.25, 0.3) is 6.08 Å². The third-order valence-electron chi connectivity index (χ3n) is 7.60. The number of ether oxygens (including phenoxy) is 1. The average Bonchev–Trinajstić information content (AvgIpc) is 2.78. The minimum Gasteiger partial charge on any atom is -0.490 e. The van der Waals surface area contributed by atoms with Crippen LogP contribution in [0.1, 0.15) is 109 Å². The topological polar surface area (TPSA) is 9.23 Å². The molecule has 172 valence electrons. The van der Waals surface area contributed by atoms with Crippen LogP contribution in [0, 0.1) is 0 Å². The molecular formula is C28H43OPRu+2. The van der Waals surface area contributed by atoms with Crippen LogP contribution in [0.4, 0.5) is 0 Å². The van der Waals surface area contributed by atoms with E-state index in [0.29, 0.717) is 0 Å². The van der Waals surface area contributed by atoms with E-state index in [4.69, 9.17) is 4.74 Å². The number of benzene rings is 1. The van der Waals surface area contributed by atoms with E-state index in [2.05, 4.69) is 44.2 Å². The zero-order valence-electron chi connectivity index (χ0n) is 19.8. The molecule has 1 aromatic carbocycles. The van der Waals surface area contributed by atoms with Crippen molar-refractivity contribution in [1.82, 2.24) is 0 Å². The molecule has 1 aromatic rings. The van der Waals surface area contributed by atoms with Crippen molar-refractivity contribution >= 4 is 14.0 Å². The fraction of sp³-hybridized carbons (Fsp3) is 0.714. The van der Waals surface area contributed by atoms with E-state index >= 15 is 0 Å². The van der Waals surface area contributed by atoms with Crippen molar-refractivity contribution < 1.29 is 24.2 Å². The Hall–Kier alpha value is -0.187. The molecule has 0 aliphatic heterocycles. The van der Waals surface area contributed by atoms with E-state index in [0.717, 1.165) is 22.7 Å². The third-order valence-corrected chi connectivity index (χ3v) is 11.6. The number of hydrogen-bond acceptors (Lipinski definition) is 1. The van der Waals surface area contributed by atoms with E-state index in [1.807, 2.05) is 0 Å². The first-order valence-corrected chi connectivity index (χ1v) is 14.5. The molecule has 0 bridgehead atoms. The molecule has 0 heterocycles. The van der Waals surface area contributed by atoms with Gasteiger partial charge in [0, 0.05) is 11.2 Å². The Morgan fingerprint density at radius 3 is 2.00 bits per heavy atom. The number of rotatable bonds is 6.